The molecule has 0 aliphatic carbocycles. The Morgan fingerprint density at radius 1 is 0.875 bits per heavy atom. The van der Waals surface area contributed by atoms with E-state index in [-0.39, 0.29) is 17.2 Å². The summed E-state index contributed by atoms with van der Waals surface area (Å²) in [7, 11) is -2.28. The van der Waals surface area contributed by atoms with Gasteiger partial charge in [0.05, 0.1) is 22.4 Å². The third-order valence-corrected chi connectivity index (χ3v) is 7.32. The van der Waals surface area contributed by atoms with Crippen LogP contribution < -0.4 is 10.3 Å². The van der Waals surface area contributed by atoms with E-state index in [0.717, 1.165) is 0 Å². The van der Waals surface area contributed by atoms with Crippen molar-refractivity contribution in [3.8, 4) is 11.5 Å². The van der Waals surface area contributed by atoms with Gasteiger partial charge in [-0.25, -0.2) is 0 Å². The van der Waals surface area contributed by atoms with Crippen LogP contribution in [0.2, 0.25) is 0 Å². The molecule has 0 bridgehead atoms. The normalized spacial score (nSPS) is 12.3. The number of carbonyl (C=O) groups is 2. The molecule has 2 aromatic heterocycles. The summed E-state index contributed by atoms with van der Waals surface area (Å²) in [6, 6.07) is 10.1. The van der Waals surface area contributed by atoms with Gasteiger partial charge < -0.3 is 18.8 Å². The summed E-state index contributed by atoms with van der Waals surface area (Å²) in [5, 5.41) is 0.565. The van der Waals surface area contributed by atoms with E-state index in [9.17, 15) is 18.9 Å². The second-order valence-electron chi connectivity index (χ2n) is 11.2. The maximum absolute atomic E-state index is 13.5. The summed E-state index contributed by atoms with van der Waals surface area (Å²) in [5.41, 5.74) is -0.948. The quantitative estimate of drug-likeness (QED) is 0.173. The van der Waals surface area contributed by atoms with Gasteiger partial charge in [-0.05, 0) is 71.4 Å². The average Bonchev–Trinajstić information content (AvgIpc) is 2.86. The highest BCUT2D eigenvalue weighted by Crippen LogP contribution is 2.51. The fraction of sp³-hybridized carbons (Fsp3) is 0.429. The van der Waals surface area contributed by atoms with E-state index in [4.69, 9.17) is 23.3 Å². The lowest BCUT2D eigenvalue weighted by molar-refractivity contribution is -0.162. The predicted octanol–water partition coefficient (Wildman–Crippen LogP) is 5.55. The van der Waals surface area contributed by atoms with Crippen molar-refractivity contribution >= 4 is 30.4 Å². The van der Waals surface area contributed by atoms with E-state index in [0.29, 0.717) is 22.4 Å². The molecule has 0 spiro atoms. The SMILES string of the molecule is Cn1ccc2c(Oc3ccc(CP(=O)(OCOC(=O)C(C)(C)C)OCOC(=O)C(C)(C)C)cc3)ccnc2c1=O. The molecule has 0 N–H and O–H groups in total. The van der Waals surface area contributed by atoms with Crippen LogP contribution in [0.3, 0.4) is 0 Å². The molecule has 0 unspecified atom stereocenters. The van der Waals surface area contributed by atoms with Crippen LogP contribution in [-0.4, -0.2) is 35.1 Å². The maximum atomic E-state index is 13.5. The molecule has 1 aromatic carbocycles. The Hall–Kier alpha value is -3.53. The van der Waals surface area contributed by atoms with Gasteiger partial charge in [-0.1, -0.05) is 12.1 Å². The van der Waals surface area contributed by atoms with Crippen LogP contribution in [0.4, 0.5) is 0 Å². The largest absolute Gasteiger partial charge is 0.457 e. The molecule has 3 aromatic rings. The van der Waals surface area contributed by atoms with Crippen molar-refractivity contribution in [3.63, 3.8) is 0 Å². The number of carbonyl (C=O) groups excluding carboxylic acids is 2. The lowest BCUT2D eigenvalue weighted by atomic mass is 9.98. The van der Waals surface area contributed by atoms with Crippen molar-refractivity contribution in [1.82, 2.24) is 9.55 Å². The Morgan fingerprint density at radius 3 is 1.95 bits per heavy atom. The molecule has 0 radical (unpaired) electrons. The Morgan fingerprint density at radius 2 is 1.43 bits per heavy atom. The second-order valence-corrected chi connectivity index (χ2v) is 13.2. The minimum absolute atomic E-state index is 0.193. The molecular formula is C28H35N2O9P. The molecule has 2 heterocycles. The van der Waals surface area contributed by atoms with E-state index >= 15 is 0 Å². The van der Waals surface area contributed by atoms with Gasteiger partial charge >= 0.3 is 19.5 Å². The summed E-state index contributed by atoms with van der Waals surface area (Å²) in [6.07, 6.45) is 2.94. The monoisotopic (exact) mass is 574 g/mol. The van der Waals surface area contributed by atoms with Gasteiger partial charge in [0.1, 0.15) is 17.0 Å². The minimum atomic E-state index is -3.92. The number of aryl methyl sites for hydroxylation is 1. The smallest absolute Gasteiger partial charge is 0.340 e. The zero-order chi connectivity index (χ0) is 29.7. The van der Waals surface area contributed by atoms with Crippen molar-refractivity contribution in [1.29, 1.82) is 0 Å². The van der Waals surface area contributed by atoms with E-state index in [2.05, 4.69) is 4.98 Å². The Labute approximate surface area is 232 Å². The fourth-order valence-electron chi connectivity index (χ4n) is 3.19. The Bertz CT molecular complexity index is 1430. The molecule has 11 nitrogen and oxygen atoms in total. The number of esters is 2. The molecule has 0 aliphatic rings. The van der Waals surface area contributed by atoms with Crippen LogP contribution in [0.5, 0.6) is 11.5 Å². The van der Waals surface area contributed by atoms with E-state index in [1.165, 1.54) is 10.8 Å². The summed E-state index contributed by atoms with van der Waals surface area (Å²) < 4.78 is 41.9. The van der Waals surface area contributed by atoms with Crippen LogP contribution in [0.15, 0.2) is 53.6 Å². The molecule has 3 rings (SSSR count). The lowest BCUT2D eigenvalue weighted by Crippen LogP contribution is -2.24. The van der Waals surface area contributed by atoms with E-state index in [1.807, 2.05) is 0 Å². The number of benzene rings is 1. The van der Waals surface area contributed by atoms with Gasteiger partial charge in [-0.15, -0.1) is 0 Å². The number of hydrogen-bond donors (Lipinski definition) is 0. The van der Waals surface area contributed by atoms with Crippen LogP contribution in [-0.2, 0) is 45.9 Å². The fourth-order valence-corrected chi connectivity index (χ4v) is 4.53. The van der Waals surface area contributed by atoms with E-state index in [1.54, 1.807) is 91.2 Å². The topological polar surface area (TPSA) is 132 Å². The molecule has 216 valence electrons. The highest BCUT2D eigenvalue weighted by atomic mass is 31.2. The molecule has 12 heteroatoms. The zero-order valence-corrected chi connectivity index (χ0v) is 24.7. The second kappa shape index (κ2) is 12.3. The van der Waals surface area contributed by atoms with Gasteiger partial charge in [0.25, 0.3) is 5.56 Å². The first-order valence-electron chi connectivity index (χ1n) is 12.5. The van der Waals surface area contributed by atoms with Crippen LogP contribution in [0.1, 0.15) is 47.1 Å². The Balaban J connectivity index is 1.73. The van der Waals surface area contributed by atoms with Gasteiger partial charge in [0.15, 0.2) is 0 Å². The van der Waals surface area contributed by atoms with Crippen molar-refractivity contribution < 1.29 is 37.4 Å². The molecule has 0 fully saturated rings. The van der Waals surface area contributed by atoms with Crippen molar-refractivity contribution in [2.24, 2.45) is 17.9 Å². The van der Waals surface area contributed by atoms with Gasteiger partial charge in [-0.2, -0.15) is 0 Å². The van der Waals surface area contributed by atoms with Crippen LogP contribution >= 0.6 is 7.60 Å². The van der Waals surface area contributed by atoms with Crippen LogP contribution in [0, 0.1) is 10.8 Å². The molecule has 0 atom stereocenters. The lowest BCUT2D eigenvalue weighted by Gasteiger charge is -2.22. The number of rotatable bonds is 10. The molecule has 0 saturated heterocycles. The zero-order valence-electron chi connectivity index (χ0n) is 23.8. The number of aromatic nitrogens is 2. The van der Waals surface area contributed by atoms with Crippen molar-refractivity contribution in [2.45, 2.75) is 47.7 Å². The van der Waals surface area contributed by atoms with Crippen molar-refractivity contribution in [2.75, 3.05) is 13.6 Å². The number of ether oxygens (including phenoxy) is 3. The van der Waals surface area contributed by atoms with E-state index < -0.39 is 44.0 Å². The minimum Gasteiger partial charge on any atom is -0.457 e. The van der Waals surface area contributed by atoms with Gasteiger partial charge in [0, 0.05) is 19.4 Å². The molecule has 0 aliphatic heterocycles. The number of hydrogen-bond acceptors (Lipinski definition) is 10. The number of fused-ring (bicyclic) bond motifs is 1. The number of pyridine rings is 2. The Kier molecular flexibility index (Phi) is 9.56. The first-order valence-corrected chi connectivity index (χ1v) is 14.3. The molecule has 0 saturated carbocycles. The third-order valence-electron chi connectivity index (χ3n) is 5.57. The van der Waals surface area contributed by atoms with Gasteiger partial charge in [0.2, 0.25) is 13.6 Å². The first-order chi connectivity index (χ1) is 18.6. The summed E-state index contributed by atoms with van der Waals surface area (Å²) in [6.45, 7) is 8.85. The van der Waals surface area contributed by atoms with Crippen molar-refractivity contribution in [3.05, 3.63) is 64.7 Å². The summed E-state index contributed by atoms with van der Waals surface area (Å²) in [4.78, 5) is 40.7. The standard InChI is InChI=1S/C28H35N2O9P/c1-27(2,3)25(32)35-17-37-40(34,38-18-36-26(33)28(4,5)6)16-19-8-10-20(11-9-19)39-22-12-14-29-23-21(22)13-15-30(7)24(23)31/h8-15H,16-18H2,1-7H3. The first kappa shape index (κ1) is 31.0. The average molecular weight is 575 g/mol. The number of nitrogens with zero attached hydrogens (tertiary/aromatic N) is 2. The molecule has 0 amide bonds. The highest BCUT2D eigenvalue weighted by Gasteiger charge is 2.30. The van der Waals surface area contributed by atoms with Gasteiger partial charge in [-0.3, -0.25) is 33.0 Å². The molecular weight excluding hydrogens is 539 g/mol. The highest BCUT2D eigenvalue weighted by molar-refractivity contribution is 7.53. The predicted molar refractivity (Wildman–Crippen MR) is 148 cm³/mol. The summed E-state index contributed by atoms with van der Waals surface area (Å²) in [5.74, 6) is -0.164. The summed E-state index contributed by atoms with van der Waals surface area (Å²) >= 11 is 0. The third kappa shape index (κ3) is 8.24. The van der Waals surface area contributed by atoms with Crippen LogP contribution in [0.25, 0.3) is 10.9 Å². The maximum Gasteiger partial charge on any atom is 0.340 e. The molecule has 40 heavy (non-hydrogen) atoms.